The van der Waals surface area contributed by atoms with Gasteiger partial charge in [-0.15, -0.1) is 0 Å². The van der Waals surface area contributed by atoms with Gasteiger partial charge in [-0.25, -0.2) is 4.79 Å². The van der Waals surface area contributed by atoms with E-state index in [0.29, 0.717) is 13.2 Å². The van der Waals surface area contributed by atoms with E-state index in [9.17, 15) is 20.1 Å². The first-order valence-corrected chi connectivity index (χ1v) is 17.3. The Morgan fingerprint density at radius 1 is 0.683 bits per heavy atom. The molecule has 5 atom stereocenters. The van der Waals surface area contributed by atoms with Crippen molar-refractivity contribution in [2.45, 2.75) is 186 Å². The van der Waals surface area contributed by atoms with Crippen LogP contribution in [0.25, 0.3) is 0 Å². The van der Waals surface area contributed by atoms with Crippen LogP contribution < -0.4 is 5.73 Å². The lowest BCUT2D eigenvalue weighted by atomic mass is 9.96. The highest BCUT2D eigenvalue weighted by Gasteiger charge is 2.46. The van der Waals surface area contributed by atoms with E-state index in [1.165, 1.54) is 108 Å². The van der Waals surface area contributed by atoms with E-state index in [2.05, 4.69) is 13.8 Å². The van der Waals surface area contributed by atoms with Gasteiger partial charge in [0, 0.05) is 6.54 Å². The van der Waals surface area contributed by atoms with E-state index in [-0.39, 0.29) is 0 Å². The van der Waals surface area contributed by atoms with Gasteiger partial charge in [0.1, 0.15) is 18.3 Å². The molecule has 0 bridgehead atoms. The van der Waals surface area contributed by atoms with Crippen LogP contribution in [0.5, 0.6) is 0 Å². The maximum atomic E-state index is 13.1. The van der Waals surface area contributed by atoms with Gasteiger partial charge >= 0.3 is 6.09 Å². The zero-order chi connectivity index (χ0) is 30.1. The number of rotatable bonds is 26. The van der Waals surface area contributed by atoms with Crippen molar-refractivity contribution in [3.8, 4) is 0 Å². The molecule has 0 aromatic rings. The van der Waals surface area contributed by atoms with Gasteiger partial charge in [-0.05, 0) is 12.8 Å². The zero-order valence-electron chi connectivity index (χ0n) is 26.7. The van der Waals surface area contributed by atoms with Crippen molar-refractivity contribution in [3.05, 3.63) is 0 Å². The van der Waals surface area contributed by atoms with Crippen LogP contribution in [0.1, 0.15) is 155 Å². The van der Waals surface area contributed by atoms with Crippen LogP contribution >= 0.6 is 0 Å². The fourth-order valence-electron chi connectivity index (χ4n) is 5.68. The number of nitrogens with two attached hydrogens (primary N) is 1. The minimum Gasteiger partial charge on any atom is -0.449 e. The van der Waals surface area contributed by atoms with Gasteiger partial charge in [0.15, 0.2) is 6.23 Å². The highest BCUT2D eigenvalue weighted by atomic mass is 16.6. The number of aliphatic hydroxyl groups is 3. The van der Waals surface area contributed by atoms with E-state index in [1.807, 2.05) is 0 Å². The quantitative estimate of drug-likeness (QED) is 0.0820. The molecule has 0 radical (unpaired) electrons. The van der Waals surface area contributed by atoms with E-state index in [4.69, 9.17) is 15.2 Å². The number of aliphatic hydroxyl groups excluding tert-OH is 3. The second kappa shape index (κ2) is 25.6. The van der Waals surface area contributed by atoms with Crippen molar-refractivity contribution in [1.29, 1.82) is 0 Å². The minimum atomic E-state index is -1.30. The topological polar surface area (TPSA) is 125 Å². The summed E-state index contributed by atoms with van der Waals surface area (Å²) in [5.74, 6) is 0. The molecule has 1 rings (SSSR count). The van der Waals surface area contributed by atoms with Crippen molar-refractivity contribution in [3.63, 3.8) is 0 Å². The highest BCUT2D eigenvalue weighted by Crippen LogP contribution is 2.24. The van der Waals surface area contributed by atoms with Crippen LogP contribution in [0.4, 0.5) is 4.79 Å². The van der Waals surface area contributed by atoms with Crippen molar-refractivity contribution < 1.29 is 29.6 Å². The smallest absolute Gasteiger partial charge is 0.411 e. The van der Waals surface area contributed by atoms with Gasteiger partial charge in [0.05, 0.1) is 19.3 Å². The molecule has 1 aliphatic heterocycles. The average Bonchev–Trinajstić information content (AvgIpc) is 2.97. The monoisotopic (exact) mass is 586 g/mol. The SMILES string of the molecule is CCCCCCCCCCCCCCOC(=O)N(CCCCCCCCCCCC)[C@@H]1O[C@H](CO)[C@@H](O)[C@H](O)[C@H]1N. The molecule has 0 aromatic carbocycles. The first kappa shape index (κ1) is 38.1. The summed E-state index contributed by atoms with van der Waals surface area (Å²) in [4.78, 5) is 14.6. The molecule has 5 N–H and O–H groups in total. The molecule has 0 aromatic heterocycles. The lowest BCUT2D eigenvalue weighted by Crippen LogP contribution is -2.67. The predicted octanol–water partition coefficient (Wildman–Crippen LogP) is 6.81. The Kier molecular flexibility index (Phi) is 23.7. The molecule has 0 spiro atoms. The summed E-state index contributed by atoms with van der Waals surface area (Å²) in [6.07, 6.45) is 21.6. The molecular formula is C33H66N2O6. The molecular weight excluding hydrogens is 520 g/mol. The third-order valence-electron chi connectivity index (χ3n) is 8.47. The number of carbonyl (C=O) groups is 1. The molecule has 8 heteroatoms. The minimum absolute atomic E-state index is 0.335. The zero-order valence-corrected chi connectivity index (χ0v) is 26.7. The van der Waals surface area contributed by atoms with E-state index in [0.717, 1.165) is 38.5 Å². The van der Waals surface area contributed by atoms with Crippen molar-refractivity contribution >= 4 is 6.09 Å². The van der Waals surface area contributed by atoms with E-state index < -0.39 is 43.3 Å². The number of hydrogen-bond donors (Lipinski definition) is 4. The van der Waals surface area contributed by atoms with Gasteiger partial charge in [-0.2, -0.15) is 0 Å². The summed E-state index contributed by atoms with van der Waals surface area (Å²) in [6, 6.07) is -0.991. The molecule has 244 valence electrons. The number of hydrogen-bond acceptors (Lipinski definition) is 7. The Balaban J connectivity index is 2.39. The van der Waals surface area contributed by atoms with Gasteiger partial charge in [0.2, 0.25) is 0 Å². The van der Waals surface area contributed by atoms with Crippen LogP contribution in [0, 0.1) is 0 Å². The maximum Gasteiger partial charge on any atom is 0.411 e. The third kappa shape index (κ3) is 17.1. The summed E-state index contributed by atoms with van der Waals surface area (Å²) in [5.41, 5.74) is 6.20. The molecule has 0 aliphatic carbocycles. The maximum absolute atomic E-state index is 13.1. The largest absolute Gasteiger partial charge is 0.449 e. The fraction of sp³-hybridized carbons (Fsp3) is 0.970. The first-order valence-electron chi connectivity index (χ1n) is 17.3. The molecule has 0 unspecified atom stereocenters. The Morgan fingerprint density at radius 2 is 1.10 bits per heavy atom. The number of amides is 1. The number of ether oxygens (including phenoxy) is 2. The Bertz CT molecular complexity index is 608. The summed E-state index contributed by atoms with van der Waals surface area (Å²) in [6.45, 7) is 4.74. The summed E-state index contributed by atoms with van der Waals surface area (Å²) in [5, 5.41) is 30.3. The Morgan fingerprint density at radius 3 is 1.54 bits per heavy atom. The van der Waals surface area contributed by atoms with E-state index >= 15 is 0 Å². The van der Waals surface area contributed by atoms with Crippen molar-refractivity contribution in [2.24, 2.45) is 5.73 Å². The summed E-state index contributed by atoms with van der Waals surface area (Å²) >= 11 is 0. The lowest BCUT2D eigenvalue weighted by molar-refractivity contribution is -0.221. The summed E-state index contributed by atoms with van der Waals surface area (Å²) < 4.78 is 11.4. The van der Waals surface area contributed by atoms with E-state index in [1.54, 1.807) is 0 Å². The molecule has 1 amide bonds. The normalized spacial score (nSPS) is 22.6. The van der Waals surface area contributed by atoms with Crippen LogP contribution in [-0.2, 0) is 9.47 Å². The molecule has 1 fully saturated rings. The van der Waals surface area contributed by atoms with Crippen LogP contribution in [-0.4, -0.2) is 76.7 Å². The Labute approximate surface area is 251 Å². The second-order valence-electron chi connectivity index (χ2n) is 12.2. The number of nitrogens with zero attached hydrogens (tertiary/aromatic N) is 1. The first-order chi connectivity index (χ1) is 20.0. The summed E-state index contributed by atoms with van der Waals surface area (Å²) in [7, 11) is 0. The van der Waals surface area contributed by atoms with Crippen LogP contribution in [0.15, 0.2) is 0 Å². The average molecular weight is 587 g/mol. The van der Waals surface area contributed by atoms with Gasteiger partial charge < -0.3 is 30.5 Å². The van der Waals surface area contributed by atoms with Crippen molar-refractivity contribution in [2.75, 3.05) is 19.8 Å². The van der Waals surface area contributed by atoms with Gasteiger partial charge in [-0.3, -0.25) is 4.90 Å². The van der Waals surface area contributed by atoms with Crippen LogP contribution in [0.2, 0.25) is 0 Å². The molecule has 0 saturated carbocycles. The molecule has 1 saturated heterocycles. The molecule has 1 heterocycles. The predicted molar refractivity (Wildman–Crippen MR) is 167 cm³/mol. The van der Waals surface area contributed by atoms with Crippen LogP contribution in [0.3, 0.4) is 0 Å². The molecule has 8 nitrogen and oxygen atoms in total. The fourth-order valence-corrected chi connectivity index (χ4v) is 5.68. The molecule has 41 heavy (non-hydrogen) atoms. The van der Waals surface area contributed by atoms with Gasteiger partial charge in [0.25, 0.3) is 0 Å². The third-order valence-corrected chi connectivity index (χ3v) is 8.47. The number of unbranched alkanes of at least 4 members (excludes halogenated alkanes) is 20. The lowest BCUT2D eigenvalue weighted by Gasteiger charge is -2.44. The number of carbonyl (C=O) groups excluding carboxylic acids is 1. The van der Waals surface area contributed by atoms with Crippen molar-refractivity contribution in [1.82, 2.24) is 4.90 Å². The Hall–Kier alpha value is -0.930. The molecule has 1 aliphatic rings. The highest BCUT2D eigenvalue weighted by molar-refractivity contribution is 5.68. The van der Waals surface area contributed by atoms with Gasteiger partial charge in [-0.1, -0.05) is 142 Å². The second-order valence-corrected chi connectivity index (χ2v) is 12.2. The standard InChI is InChI=1S/C33H66N2O6/c1-3-5-7-9-11-13-15-16-18-20-22-24-26-40-33(39)35(25-23-21-19-17-14-12-10-8-6-4-2)32-29(34)31(38)30(37)28(27-36)41-32/h28-32,36-38H,3-27,34H2,1-2H3/t28-,29-,30-,31-,32-/m1/s1.